The second-order valence-electron chi connectivity index (χ2n) is 4.53. The van der Waals surface area contributed by atoms with Crippen LogP contribution in [0.1, 0.15) is 12.5 Å². The molecule has 2 aliphatic rings. The van der Waals surface area contributed by atoms with Crippen LogP contribution in [0, 0.1) is 5.92 Å². The largest absolute Gasteiger partial charge is 0.384 e. The topological polar surface area (TPSA) is 15.3 Å². The Kier molecular flexibility index (Phi) is 1.69. The third kappa shape index (κ3) is 1.17. The van der Waals surface area contributed by atoms with Crippen molar-refractivity contribution in [2.24, 2.45) is 5.92 Å². The Hall–Kier alpha value is -1.18. The van der Waals surface area contributed by atoms with Crippen molar-refractivity contribution in [2.45, 2.75) is 13.3 Å². The van der Waals surface area contributed by atoms with Crippen LogP contribution in [-0.4, -0.2) is 19.6 Å². The van der Waals surface area contributed by atoms with Crippen LogP contribution >= 0.6 is 0 Å². The maximum absolute atomic E-state index is 3.39. The van der Waals surface area contributed by atoms with E-state index in [1.165, 1.54) is 36.4 Å². The van der Waals surface area contributed by atoms with E-state index in [9.17, 15) is 0 Å². The Bertz CT molecular complexity index is 353. The first kappa shape index (κ1) is 8.16. The summed E-state index contributed by atoms with van der Waals surface area (Å²) in [6, 6.07) is 6.81. The van der Waals surface area contributed by atoms with Gasteiger partial charge in [-0.15, -0.1) is 0 Å². The molecule has 14 heavy (non-hydrogen) atoms. The Balaban J connectivity index is 1.86. The van der Waals surface area contributed by atoms with E-state index < -0.39 is 0 Å². The molecule has 2 heterocycles. The minimum Gasteiger partial charge on any atom is -0.384 e. The lowest BCUT2D eigenvalue weighted by atomic mass is 10.0. The highest BCUT2D eigenvalue weighted by Crippen LogP contribution is 2.30. The highest BCUT2D eigenvalue weighted by molar-refractivity contribution is 5.63. The van der Waals surface area contributed by atoms with E-state index in [1.807, 2.05) is 0 Å². The molecular formula is C12H16N2. The summed E-state index contributed by atoms with van der Waals surface area (Å²) < 4.78 is 0. The van der Waals surface area contributed by atoms with Crippen LogP contribution in [0.3, 0.4) is 0 Å². The Morgan fingerprint density at radius 2 is 2.21 bits per heavy atom. The van der Waals surface area contributed by atoms with Crippen LogP contribution in [0.25, 0.3) is 0 Å². The van der Waals surface area contributed by atoms with Gasteiger partial charge in [-0.05, 0) is 36.1 Å². The van der Waals surface area contributed by atoms with Crippen LogP contribution in [0.5, 0.6) is 0 Å². The summed E-state index contributed by atoms with van der Waals surface area (Å²) in [4.78, 5) is 2.46. The molecule has 1 saturated heterocycles. The number of fused-ring (bicyclic) bond motifs is 1. The van der Waals surface area contributed by atoms with Crippen molar-refractivity contribution in [1.82, 2.24) is 0 Å². The molecule has 0 spiro atoms. The van der Waals surface area contributed by atoms with Gasteiger partial charge >= 0.3 is 0 Å². The molecule has 0 unspecified atom stereocenters. The van der Waals surface area contributed by atoms with Gasteiger partial charge in [-0.2, -0.15) is 0 Å². The van der Waals surface area contributed by atoms with Crippen LogP contribution in [0.4, 0.5) is 11.4 Å². The first-order valence-corrected chi connectivity index (χ1v) is 5.45. The van der Waals surface area contributed by atoms with Crippen molar-refractivity contribution in [3.8, 4) is 0 Å². The maximum Gasteiger partial charge on any atom is 0.0375 e. The first-order chi connectivity index (χ1) is 6.83. The molecule has 0 bridgehead atoms. The number of anilines is 2. The summed E-state index contributed by atoms with van der Waals surface area (Å²) in [5.41, 5.74) is 4.23. The fraction of sp³-hybridized carbons (Fsp3) is 0.500. The predicted octanol–water partition coefficient (Wildman–Crippen LogP) is 2.11. The third-order valence-electron chi connectivity index (χ3n) is 3.23. The summed E-state index contributed by atoms with van der Waals surface area (Å²) in [6.45, 7) is 5.87. The quantitative estimate of drug-likeness (QED) is 0.726. The van der Waals surface area contributed by atoms with Gasteiger partial charge in [0.15, 0.2) is 0 Å². The smallest absolute Gasteiger partial charge is 0.0375 e. The lowest BCUT2D eigenvalue weighted by Crippen LogP contribution is -2.45. The van der Waals surface area contributed by atoms with Gasteiger partial charge in [0.25, 0.3) is 0 Å². The van der Waals surface area contributed by atoms with E-state index >= 15 is 0 Å². The predicted molar refractivity (Wildman–Crippen MR) is 60.0 cm³/mol. The molecule has 1 aromatic carbocycles. The van der Waals surface area contributed by atoms with E-state index in [0.717, 1.165) is 12.5 Å². The molecule has 0 saturated carbocycles. The van der Waals surface area contributed by atoms with E-state index in [1.54, 1.807) is 0 Å². The minimum atomic E-state index is 0.876. The van der Waals surface area contributed by atoms with Gasteiger partial charge in [-0.3, -0.25) is 0 Å². The lowest BCUT2D eigenvalue weighted by Gasteiger charge is -2.39. The fourth-order valence-electron chi connectivity index (χ4n) is 2.40. The summed E-state index contributed by atoms with van der Waals surface area (Å²) in [6.07, 6.45) is 1.19. The number of benzene rings is 1. The van der Waals surface area contributed by atoms with Gasteiger partial charge in [-0.25, -0.2) is 0 Å². The van der Waals surface area contributed by atoms with Crippen LogP contribution in [-0.2, 0) is 6.42 Å². The molecule has 0 aliphatic carbocycles. The standard InChI is InChI=1S/C12H16N2/c1-9-7-14(8-9)11-2-3-12-10(6-11)4-5-13-12/h2-3,6,9,13H,4-5,7-8H2,1H3. The molecule has 1 fully saturated rings. The van der Waals surface area contributed by atoms with Crippen molar-refractivity contribution in [3.05, 3.63) is 23.8 Å². The molecule has 3 rings (SSSR count). The second kappa shape index (κ2) is 2.91. The van der Waals surface area contributed by atoms with Crippen molar-refractivity contribution in [3.63, 3.8) is 0 Å². The molecule has 2 nitrogen and oxygen atoms in total. The molecule has 0 amide bonds. The van der Waals surface area contributed by atoms with Gasteiger partial charge in [0.05, 0.1) is 0 Å². The van der Waals surface area contributed by atoms with Gasteiger partial charge in [0.1, 0.15) is 0 Å². The second-order valence-corrected chi connectivity index (χ2v) is 4.53. The molecule has 74 valence electrons. The van der Waals surface area contributed by atoms with Gasteiger partial charge in [-0.1, -0.05) is 6.92 Å². The van der Waals surface area contributed by atoms with E-state index in [4.69, 9.17) is 0 Å². The number of rotatable bonds is 1. The molecule has 0 aromatic heterocycles. The maximum atomic E-state index is 3.39. The lowest BCUT2D eigenvalue weighted by molar-refractivity contribution is 0.447. The van der Waals surface area contributed by atoms with Crippen molar-refractivity contribution >= 4 is 11.4 Å². The summed E-state index contributed by atoms with van der Waals surface area (Å²) >= 11 is 0. The first-order valence-electron chi connectivity index (χ1n) is 5.45. The number of hydrogen-bond donors (Lipinski definition) is 1. The summed E-state index contributed by atoms with van der Waals surface area (Å²) in [5.74, 6) is 0.876. The van der Waals surface area contributed by atoms with Crippen LogP contribution in [0.2, 0.25) is 0 Å². The molecule has 2 heteroatoms. The van der Waals surface area contributed by atoms with Crippen LogP contribution < -0.4 is 10.2 Å². The number of nitrogens with one attached hydrogen (secondary N) is 1. The van der Waals surface area contributed by atoms with Crippen LogP contribution in [0.15, 0.2) is 18.2 Å². The van der Waals surface area contributed by atoms with Crippen molar-refractivity contribution < 1.29 is 0 Å². The number of hydrogen-bond acceptors (Lipinski definition) is 2. The zero-order valence-electron chi connectivity index (χ0n) is 8.59. The molecule has 0 atom stereocenters. The Morgan fingerprint density at radius 1 is 1.36 bits per heavy atom. The van der Waals surface area contributed by atoms with Crippen molar-refractivity contribution in [1.29, 1.82) is 0 Å². The average molecular weight is 188 g/mol. The third-order valence-corrected chi connectivity index (χ3v) is 3.23. The van der Waals surface area contributed by atoms with Gasteiger partial charge in [0.2, 0.25) is 0 Å². The molecule has 1 aromatic rings. The van der Waals surface area contributed by atoms with Gasteiger partial charge in [0, 0.05) is 31.0 Å². The van der Waals surface area contributed by atoms with E-state index in [-0.39, 0.29) is 0 Å². The highest BCUT2D eigenvalue weighted by Gasteiger charge is 2.23. The Morgan fingerprint density at radius 3 is 3.00 bits per heavy atom. The normalized spacial score (nSPS) is 20.2. The minimum absolute atomic E-state index is 0.876. The van der Waals surface area contributed by atoms with E-state index in [2.05, 4.69) is 35.3 Å². The monoisotopic (exact) mass is 188 g/mol. The van der Waals surface area contributed by atoms with Crippen molar-refractivity contribution in [2.75, 3.05) is 29.9 Å². The Labute approximate surface area is 84.9 Å². The molecule has 1 N–H and O–H groups in total. The zero-order chi connectivity index (χ0) is 9.54. The molecule has 0 radical (unpaired) electrons. The van der Waals surface area contributed by atoms with E-state index in [0.29, 0.717) is 0 Å². The summed E-state index contributed by atoms with van der Waals surface area (Å²) in [7, 11) is 0. The van der Waals surface area contributed by atoms with Gasteiger partial charge < -0.3 is 10.2 Å². The summed E-state index contributed by atoms with van der Waals surface area (Å²) in [5, 5.41) is 3.39. The molecule has 2 aliphatic heterocycles. The zero-order valence-corrected chi connectivity index (χ0v) is 8.59. The number of nitrogens with zero attached hydrogens (tertiary/aromatic N) is 1. The SMILES string of the molecule is CC1CN(c2ccc3c(c2)CCN3)C1. The fourth-order valence-corrected chi connectivity index (χ4v) is 2.40. The average Bonchev–Trinajstić information content (AvgIpc) is 2.59. The highest BCUT2D eigenvalue weighted by atomic mass is 15.2. The molecular weight excluding hydrogens is 172 g/mol.